The molecule has 6 rings (SSSR count). The molecule has 45 heavy (non-hydrogen) atoms. The fourth-order valence-electron chi connectivity index (χ4n) is 5.14. The zero-order valence-corrected chi connectivity index (χ0v) is 25.2. The van der Waals surface area contributed by atoms with Gasteiger partial charge in [-0.05, 0) is 49.7 Å². The Morgan fingerprint density at radius 3 is 2.56 bits per heavy atom. The molecule has 0 unspecified atom stereocenters. The van der Waals surface area contributed by atoms with Crippen LogP contribution in [0.5, 0.6) is 23.0 Å². The number of morpholine rings is 1. The molecule has 232 valence electrons. The van der Waals surface area contributed by atoms with E-state index in [0.29, 0.717) is 51.8 Å². The van der Waals surface area contributed by atoms with Crippen LogP contribution >= 0.6 is 0 Å². The average molecular weight is 612 g/mol. The molecule has 0 aliphatic carbocycles. The van der Waals surface area contributed by atoms with Crippen molar-refractivity contribution in [1.82, 2.24) is 19.4 Å². The van der Waals surface area contributed by atoms with Gasteiger partial charge in [-0.1, -0.05) is 18.2 Å². The molecule has 1 aliphatic heterocycles. The van der Waals surface area contributed by atoms with Crippen molar-refractivity contribution < 1.29 is 23.3 Å². The highest BCUT2D eigenvalue weighted by Gasteiger charge is 2.16. The lowest BCUT2D eigenvalue weighted by atomic mass is 10.1. The van der Waals surface area contributed by atoms with Crippen LogP contribution in [0, 0.1) is 12.7 Å². The molecular weight excluding hydrogens is 577 g/mol. The predicted molar refractivity (Wildman–Crippen MR) is 170 cm³/mol. The zero-order chi connectivity index (χ0) is 31.2. The number of aromatic nitrogens is 3. The highest BCUT2D eigenvalue weighted by atomic mass is 19.1. The third-order valence-electron chi connectivity index (χ3n) is 7.61. The van der Waals surface area contributed by atoms with Crippen molar-refractivity contribution in [2.24, 2.45) is 0 Å². The van der Waals surface area contributed by atoms with E-state index in [4.69, 9.17) is 18.9 Å². The number of nitrogens with one attached hydrogen (secondary N) is 1. The normalized spacial score (nSPS) is 13.5. The summed E-state index contributed by atoms with van der Waals surface area (Å²) >= 11 is 0. The summed E-state index contributed by atoms with van der Waals surface area (Å²) in [7, 11) is 1.57. The Hall–Kier alpha value is -5.00. The Kier molecular flexibility index (Phi) is 9.18. The fraction of sp³-hybridized carbons (Fsp3) is 0.265. The topological polar surface area (TPSA) is 100.0 Å². The van der Waals surface area contributed by atoms with Gasteiger partial charge in [0.15, 0.2) is 23.1 Å². The summed E-state index contributed by atoms with van der Waals surface area (Å²) in [6.45, 7) is 6.54. The molecule has 2 aromatic heterocycles. The second-order valence-corrected chi connectivity index (χ2v) is 10.6. The zero-order valence-electron chi connectivity index (χ0n) is 25.2. The fourth-order valence-corrected chi connectivity index (χ4v) is 5.14. The number of pyridine rings is 1. The Bertz CT molecular complexity index is 1840. The second-order valence-electron chi connectivity index (χ2n) is 10.6. The number of nitrogens with zero attached hydrogens (tertiary/aromatic N) is 4. The SMILES string of the molecule is COc1cc2c(Oc3ccc(-n4cnc(Nc5ccccc5)c(C)c4=O)cc3F)ccnc2cc1OCCCN1CCOCC1. The summed E-state index contributed by atoms with van der Waals surface area (Å²) in [6, 6.07) is 19.0. The molecule has 0 atom stereocenters. The van der Waals surface area contributed by atoms with Crippen LogP contribution in [-0.2, 0) is 4.74 Å². The minimum atomic E-state index is -0.638. The van der Waals surface area contributed by atoms with E-state index in [1.165, 1.54) is 23.0 Å². The smallest absolute Gasteiger partial charge is 0.262 e. The van der Waals surface area contributed by atoms with Crippen LogP contribution < -0.4 is 25.1 Å². The molecule has 10 nitrogen and oxygen atoms in total. The maximum absolute atomic E-state index is 15.4. The van der Waals surface area contributed by atoms with E-state index < -0.39 is 5.82 Å². The molecule has 1 aliphatic rings. The van der Waals surface area contributed by atoms with E-state index in [2.05, 4.69) is 20.2 Å². The van der Waals surface area contributed by atoms with E-state index in [1.807, 2.05) is 30.3 Å². The van der Waals surface area contributed by atoms with Crippen LogP contribution in [0.4, 0.5) is 15.9 Å². The number of hydrogen-bond donors (Lipinski definition) is 1. The van der Waals surface area contributed by atoms with Gasteiger partial charge in [-0.25, -0.2) is 9.37 Å². The monoisotopic (exact) mass is 611 g/mol. The van der Waals surface area contributed by atoms with Crippen LogP contribution in [0.2, 0.25) is 0 Å². The molecule has 0 saturated carbocycles. The van der Waals surface area contributed by atoms with Crippen molar-refractivity contribution >= 4 is 22.4 Å². The average Bonchev–Trinajstić information content (AvgIpc) is 3.07. The van der Waals surface area contributed by atoms with Gasteiger partial charge in [0, 0.05) is 49.0 Å². The minimum absolute atomic E-state index is 0.00579. The highest BCUT2D eigenvalue weighted by Crippen LogP contribution is 2.38. The van der Waals surface area contributed by atoms with Gasteiger partial charge in [-0.2, -0.15) is 0 Å². The quantitative estimate of drug-likeness (QED) is 0.184. The van der Waals surface area contributed by atoms with Gasteiger partial charge in [-0.15, -0.1) is 0 Å². The van der Waals surface area contributed by atoms with E-state index in [1.54, 1.807) is 44.5 Å². The lowest BCUT2D eigenvalue weighted by Gasteiger charge is -2.26. The first kappa shape index (κ1) is 30.0. The standard InChI is InChI=1S/C34H34FN5O5/c1-23-33(38-24-7-4-3-5-8-24)37-22-40(34(23)41)25-9-10-30(27(35)19-25)45-29-11-12-36-28-21-32(31(42-2)20-26(28)29)44-16-6-13-39-14-17-43-18-15-39/h3-5,7-12,19-22,38H,6,13-18H2,1-2H3. The summed E-state index contributed by atoms with van der Waals surface area (Å²) in [6.07, 6.45) is 3.84. The van der Waals surface area contributed by atoms with Crippen molar-refractivity contribution in [1.29, 1.82) is 0 Å². The van der Waals surface area contributed by atoms with Gasteiger partial charge in [0.05, 0.1) is 43.7 Å². The number of para-hydroxylation sites is 1. The molecule has 0 amide bonds. The van der Waals surface area contributed by atoms with E-state index >= 15 is 4.39 Å². The summed E-state index contributed by atoms with van der Waals surface area (Å²) in [5, 5.41) is 3.78. The molecule has 3 aromatic carbocycles. The van der Waals surface area contributed by atoms with Gasteiger partial charge in [0.1, 0.15) is 17.9 Å². The van der Waals surface area contributed by atoms with Crippen LogP contribution in [-0.4, -0.2) is 66.0 Å². The first-order valence-corrected chi connectivity index (χ1v) is 14.8. The third kappa shape index (κ3) is 6.89. The lowest BCUT2D eigenvalue weighted by Crippen LogP contribution is -2.37. The summed E-state index contributed by atoms with van der Waals surface area (Å²) in [4.78, 5) is 24.4. The first-order chi connectivity index (χ1) is 22.0. The Labute approximate surface area is 260 Å². The summed E-state index contributed by atoms with van der Waals surface area (Å²) in [5.41, 5.74) is 1.83. The Morgan fingerprint density at radius 2 is 1.78 bits per heavy atom. The molecule has 5 aromatic rings. The molecule has 1 saturated heterocycles. The molecule has 1 N–H and O–H groups in total. The lowest BCUT2D eigenvalue weighted by molar-refractivity contribution is 0.0357. The van der Waals surface area contributed by atoms with Gasteiger partial charge in [-0.3, -0.25) is 19.2 Å². The first-order valence-electron chi connectivity index (χ1n) is 14.8. The van der Waals surface area contributed by atoms with Crippen LogP contribution in [0.3, 0.4) is 0 Å². The molecular formula is C34H34FN5O5. The van der Waals surface area contributed by atoms with Crippen molar-refractivity contribution in [2.45, 2.75) is 13.3 Å². The van der Waals surface area contributed by atoms with Gasteiger partial charge < -0.3 is 24.3 Å². The number of ether oxygens (including phenoxy) is 4. The molecule has 0 radical (unpaired) electrons. The number of methoxy groups -OCH3 is 1. The van der Waals surface area contributed by atoms with Crippen molar-refractivity contribution in [3.05, 3.63) is 101 Å². The summed E-state index contributed by atoms with van der Waals surface area (Å²) < 4.78 is 39.8. The van der Waals surface area contributed by atoms with Crippen LogP contribution in [0.25, 0.3) is 16.6 Å². The van der Waals surface area contributed by atoms with Crippen LogP contribution in [0.1, 0.15) is 12.0 Å². The number of fused-ring (bicyclic) bond motifs is 1. The number of hydrogen-bond acceptors (Lipinski definition) is 9. The number of benzene rings is 3. The molecule has 11 heteroatoms. The predicted octanol–water partition coefficient (Wildman–Crippen LogP) is 5.87. The Morgan fingerprint density at radius 1 is 0.956 bits per heavy atom. The minimum Gasteiger partial charge on any atom is -0.493 e. The van der Waals surface area contributed by atoms with Gasteiger partial charge in [0.25, 0.3) is 5.56 Å². The van der Waals surface area contributed by atoms with Gasteiger partial charge >= 0.3 is 0 Å². The highest BCUT2D eigenvalue weighted by molar-refractivity contribution is 5.88. The summed E-state index contributed by atoms with van der Waals surface area (Å²) in [5.74, 6) is 1.29. The van der Waals surface area contributed by atoms with E-state index in [0.717, 1.165) is 45.0 Å². The van der Waals surface area contributed by atoms with Crippen molar-refractivity contribution in [2.75, 3.05) is 51.9 Å². The Balaban J connectivity index is 1.18. The largest absolute Gasteiger partial charge is 0.493 e. The van der Waals surface area contributed by atoms with Gasteiger partial charge in [0.2, 0.25) is 0 Å². The molecule has 1 fully saturated rings. The maximum atomic E-state index is 15.4. The maximum Gasteiger partial charge on any atom is 0.262 e. The second kappa shape index (κ2) is 13.7. The van der Waals surface area contributed by atoms with Crippen molar-refractivity contribution in [3.63, 3.8) is 0 Å². The van der Waals surface area contributed by atoms with Crippen LogP contribution in [0.15, 0.2) is 84.0 Å². The molecule has 3 heterocycles. The number of anilines is 2. The third-order valence-corrected chi connectivity index (χ3v) is 7.61. The van der Waals surface area contributed by atoms with E-state index in [-0.39, 0.29) is 11.3 Å². The number of halogens is 1. The molecule has 0 bridgehead atoms. The number of rotatable bonds is 11. The van der Waals surface area contributed by atoms with E-state index in [9.17, 15) is 4.79 Å². The molecule has 0 spiro atoms. The van der Waals surface area contributed by atoms with Crippen molar-refractivity contribution in [3.8, 4) is 28.7 Å².